The number of esters is 1. The summed E-state index contributed by atoms with van der Waals surface area (Å²) in [5.74, 6) is -0.566. The lowest BCUT2D eigenvalue weighted by molar-refractivity contribution is -0.154. The smallest absolute Gasteiger partial charge is 0.311 e. The first kappa shape index (κ1) is 9.93. The maximum Gasteiger partial charge on any atom is 0.311 e. The molecular formula is C10H17NO3. The number of fused-ring (bicyclic) bond motifs is 1. The van der Waals surface area contributed by atoms with Crippen molar-refractivity contribution in [2.24, 2.45) is 5.92 Å². The summed E-state index contributed by atoms with van der Waals surface area (Å²) >= 11 is 0. The Bertz CT molecular complexity index is 231. The highest BCUT2D eigenvalue weighted by Gasteiger charge is 2.42. The van der Waals surface area contributed by atoms with Gasteiger partial charge in [0.1, 0.15) is 0 Å². The molecule has 2 aliphatic rings. The maximum absolute atomic E-state index is 11.4. The summed E-state index contributed by atoms with van der Waals surface area (Å²) in [5, 5.41) is 10.00. The Hall–Kier alpha value is -0.610. The second kappa shape index (κ2) is 3.87. The molecule has 0 aromatic carbocycles. The molecule has 0 aromatic rings. The van der Waals surface area contributed by atoms with E-state index < -0.39 is 6.10 Å². The number of carbonyl (C=O) groups excluding carboxylic acids is 1. The van der Waals surface area contributed by atoms with E-state index in [1.54, 1.807) is 0 Å². The SMILES string of the molecule is COC(=O)C1CCN2CCCC2C1O. The number of carbonyl (C=O) groups is 1. The molecule has 0 aliphatic carbocycles. The number of aliphatic hydroxyl groups is 1. The van der Waals surface area contributed by atoms with Crippen molar-refractivity contribution in [1.82, 2.24) is 4.90 Å². The largest absolute Gasteiger partial charge is 0.469 e. The third kappa shape index (κ3) is 1.53. The molecule has 80 valence electrons. The molecule has 4 heteroatoms. The lowest BCUT2D eigenvalue weighted by atomic mass is 9.88. The van der Waals surface area contributed by atoms with Crippen LogP contribution in [-0.4, -0.2) is 48.3 Å². The van der Waals surface area contributed by atoms with Gasteiger partial charge in [0, 0.05) is 6.04 Å². The fraction of sp³-hybridized carbons (Fsp3) is 0.900. The maximum atomic E-state index is 11.4. The molecule has 2 aliphatic heterocycles. The summed E-state index contributed by atoms with van der Waals surface area (Å²) in [7, 11) is 1.38. The molecular weight excluding hydrogens is 182 g/mol. The van der Waals surface area contributed by atoms with Gasteiger partial charge in [-0.1, -0.05) is 0 Å². The van der Waals surface area contributed by atoms with Gasteiger partial charge < -0.3 is 9.84 Å². The first-order chi connectivity index (χ1) is 6.74. The highest BCUT2D eigenvalue weighted by atomic mass is 16.5. The first-order valence-electron chi connectivity index (χ1n) is 5.24. The van der Waals surface area contributed by atoms with E-state index in [1.807, 2.05) is 0 Å². The van der Waals surface area contributed by atoms with Crippen LogP contribution in [0.1, 0.15) is 19.3 Å². The standard InChI is InChI=1S/C10H17NO3/c1-14-10(13)7-4-6-11-5-2-3-8(11)9(7)12/h7-9,12H,2-6H2,1H3. The van der Waals surface area contributed by atoms with Crippen molar-refractivity contribution in [3.05, 3.63) is 0 Å². The van der Waals surface area contributed by atoms with Gasteiger partial charge in [0.2, 0.25) is 0 Å². The summed E-state index contributed by atoms with van der Waals surface area (Å²) in [5.41, 5.74) is 0. The van der Waals surface area contributed by atoms with E-state index in [2.05, 4.69) is 4.90 Å². The molecule has 0 bridgehead atoms. The Kier molecular flexibility index (Phi) is 2.74. The molecule has 3 atom stereocenters. The van der Waals surface area contributed by atoms with Gasteiger partial charge in [0.15, 0.2) is 0 Å². The van der Waals surface area contributed by atoms with E-state index >= 15 is 0 Å². The summed E-state index contributed by atoms with van der Waals surface area (Å²) in [6.45, 7) is 1.98. The van der Waals surface area contributed by atoms with Crippen LogP contribution in [-0.2, 0) is 9.53 Å². The summed E-state index contributed by atoms with van der Waals surface area (Å²) in [4.78, 5) is 13.6. The van der Waals surface area contributed by atoms with Gasteiger partial charge >= 0.3 is 5.97 Å². The monoisotopic (exact) mass is 199 g/mol. The topological polar surface area (TPSA) is 49.8 Å². The number of rotatable bonds is 1. The highest BCUT2D eigenvalue weighted by Crippen LogP contribution is 2.31. The van der Waals surface area contributed by atoms with Gasteiger partial charge in [-0.15, -0.1) is 0 Å². The summed E-state index contributed by atoms with van der Waals surface area (Å²) < 4.78 is 4.69. The van der Waals surface area contributed by atoms with E-state index in [9.17, 15) is 9.90 Å². The number of ether oxygens (including phenoxy) is 1. The minimum atomic E-state index is -0.529. The lowest BCUT2D eigenvalue weighted by Crippen LogP contribution is -2.51. The van der Waals surface area contributed by atoms with E-state index in [4.69, 9.17) is 4.74 Å². The van der Waals surface area contributed by atoms with Crippen molar-refractivity contribution in [3.8, 4) is 0 Å². The number of nitrogens with zero attached hydrogens (tertiary/aromatic N) is 1. The zero-order valence-corrected chi connectivity index (χ0v) is 8.48. The summed E-state index contributed by atoms with van der Waals surface area (Å²) in [6, 6.07) is 0.188. The average molecular weight is 199 g/mol. The van der Waals surface area contributed by atoms with Gasteiger partial charge in [0.25, 0.3) is 0 Å². The molecule has 2 rings (SSSR count). The van der Waals surface area contributed by atoms with Crippen molar-refractivity contribution in [1.29, 1.82) is 0 Å². The molecule has 1 N–H and O–H groups in total. The van der Waals surface area contributed by atoms with Crippen LogP contribution in [0.15, 0.2) is 0 Å². The minimum absolute atomic E-state index is 0.188. The predicted molar refractivity (Wildman–Crippen MR) is 50.7 cm³/mol. The lowest BCUT2D eigenvalue weighted by Gasteiger charge is -2.37. The third-order valence-electron chi connectivity index (χ3n) is 3.45. The second-order valence-electron chi connectivity index (χ2n) is 4.15. The van der Waals surface area contributed by atoms with Gasteiger partial charge in [-0.05, 0) is 32.4 Å². The zero-order chi connectivity index (χ0) is 10.1. The Morgan fingerprint density at radius 2 is 2.21 bits per heavy atom. The Morgan fingerprint density at radius 3 is 2.93 bits per heavy atom. The van der Waals surface area contributed by atoms with Crippen molar-refractivity contribution in [2.75, 3.05) is 20.2 Å². The first-order valence-corrected chi connectivity index (χ1v) is 5.24. The van der Waals surface area contributed by atoms with Crippen molar-refractivity contribution >= 4 is 5.97 Å². The average Bonchev–Trinajstić information content (AvgIpc) is 2.66. The molecule has 2 heterocycles. The number of aliphatic hydroxyl groups excluding tert-OH is 1. The van der Waals surface area contributed by atoms with Crippen LogP contribution >= 0.6 is 0 Å². The molecule has 0 aromatic heterocycles. The molecule has 2 saturated heterocycles. The number of hydrogen-bond donors (Lipinski definition) is 1. The van der Waals surface area contributed by atoms with Gasteiger partial charge in [-0.25, -0.2) is 0 Å². The molecule has 0 saturated carbocycles. The molecule has 3 unspecified atom stereocenters. The summed E-state index contributed by atoms with van der Waals surface area (Å²) in [6.07, 6.45) is 2.34. The quantitative estimate of drug-likeness (QED) is 0.604. The van der Waals surface area contributed by atoms with Gasteiger partial charge in [-0.2, -0.15) is 0 Å². The molecule has 0 spiro atoms. The molecule has 0 amide bonds. The van der Waals surface area contributed by atoms with Crippen LogP contribution in [0.3, 0.4) is 0 Å². The van der Waals surface area contributed by atoms with E-state index in [0.717, 1.165) is 32.4 Å². The Balaban J connectivity index is 2.05. The van der Waals surface area contributed by atoms with Crippen LogP contribution in [0.2, 0.25) is 0 Å². The van der Waals surface area contributed by atoms with Crippen LogP contribution in [0.5, 0.6) is 0 Å². The predicted octanol–water partition coefficient (Wildman–Crippen LogP) is 0.00460. The van der Waals surface area contributed by atoms with Crippen molar-refractivity contribution < 1.29 is 14.6 Å². The van der Waals surface area contributed by atoms with Crippen LogP contribution in [0.4, 0.5) is 0 Å². The molecule has 4 nitrogen and oxygen atoms in total. The van der Waals surface area contributed by atoms with E-state index in [0.29, 0.717) is 0 Å². The Morgan fingerprint density at radius 1 is 1.43 bits per heavy atom. The van der Waals surface area contributed by atoms with Gasteiger partial charge in [-0.3, -0.25) is 9.69 Å². The van der Waals surface area contributed by atoms with Crippen molar-refractivity contribution in [3.63, 3.8) is 0 Å². The minimum Gasteiger partial charge on any atom is -0.469 e. The molecule has 14 heavy (non-hydrogen) atoms. The van der Waals surface area contributed by atoms with Crippen LogP contribution in [0, 0.1) is 5.92 Å². The fourth-order valence-corrected chi connectivity index (χ4v) is 2.67. The number of hydrogen-bond acceptors (Lipinski definition) is 4. The van der Waals surface area contributed by atoms with Crippen molar-refractivity contribution in [2.45, 2.75) is 31.4 Å². The van der Waals surface area contributed by atoms with Gasteiger partial charge in [0.05, 0.1) is 19.1 Å². The fourth-order valence-electron chi connectivity index (χ4n) is 2.67. The van der Waals surface area contributed by atoms with E-state index in [1.165, 1.54) is 7.11 Å². The zero-order valence-electron chi connectivity index (χ0n) is 8.48. The van der Waals surface area contributed by atoms with E-state index in [-0.39, 0.29) is 17.9 Å². The van der Waals surface area contributed by atoms with Crippen LogP contribution in [0.25, 0.3) is 0 Å². The van der Waals surface area contributed by atoms with Crippen LogP contribution < -0.4 is 0 Å². The normalized spacial score (nSPS) is 38.0. The highest BCUT2D eigenvalue weighted by molar-refractivity contribution is 5.73. The number of piperidine rings is 1. The molecule has 0 radical (unpaired) electrons. The third-order valence-corrected chi connectivity index (χ3v) is 3.45. The second-order valence-corrected chi connectivity index (χ2v) is 4.15. The Labute approximate surface area is 83.8 Å². The molecule has 2 fully saturated rings. The number of methoxy groups -OCH3 is 1.